The number of carbonyl (C=O) groups is 1. The van der Waals surface area contributed by atoms with Crippen molar-refractivity contribution < 1.29 is 9.90 Å². The van der Waals surface area contributed by atoms with E-state index >= 15 is 0 Å². The summed E-state index contributed by atoms with van der Waals surface area (Å²) < 4.78 is 0. The molecule has 0 amide bonds. The minimum absolute atomic E-state index is 0.344. The number of hydrogen-bond donors (Lipinski definition) is 1. The molecular formula is C12H10O2S2. The lowest BCUT2D eigenvalue weighted by molar-refractivity contribution is 0.0696. The molecule has 82 valence electrons. The van der Waals surface area contributed by atoms with Crippen molar-refractivity contribution in [3.05, 3.63) is 52.2 Å². The lowest BCUT2D eigenvalue weighted by Crippen LogP contribution is -1.95. The zero-order chi connectivity index (χ0) is 11.4. The van der Waals surface area contributed by atoms with Crippen LogP contribution in [-0.2, 0) is 5.75 Å². The van der Waals surface area contributed by atoms with Crippen molar-refractivity contribution in [1.29, 1.82) is 0 Å². The van der Waals surface area contributed by atoms with E-state index in [0.717, 1.165) is 10.6 Å². The number of thioether (sulfide) groups is 1. The van der Waals surface area contributed by atoms with Crippen LogP contribution in [-0.4, -0.2) is 11.1 Å². The van der Waals surface area contributed by atoms with Crippen LogP contribution in [0, 0.1) is 0 Å². The van der Waals surface area contributed by atoms with E-state index in [1.165, 1.54) is 4.88 Å². The van der Waals surface area contributed by atoms with E-state index in [1.807, 2.05) is 17.5 Å². The Morgan fingerprint density at radius 3 is 2.88 bits per heavy atom. The third kappa shape index (κ3) is 2.87. The van der Waals surface area contributed by atoms with E-state index in [4.69, 9.17) is 5.11 Å². The van der Waals surface area contributed by atoms with E-state index in [9.17, 15) is 4.79 Å². The molecule has 1 heterocycles. The Balaban J connectivity index is 2.04. The minimum atomic E-state index is -0.876. The number of benzene rings is 1. The molecule has 0 atom stereocenters. The van der Waals surface area contributed by atoms with Crippen LogP contribution in [0.3, 0.4) is 0 Å². The van der Waals surface area contributed by atoms with Gasteiger partial charge in [-0.15, -0.1) is 23.1 Å². The topological polar surface area (TPSA) is 37.3 Å². The van der Waals surface area contributed by atoms with E-state index in [2.05, 4.69) is 6.07 Å². The fraction of sp³-hybridized carbons (Fsp3) is 0.0833. The molecule has 16 heavy (non-hydrogen) atoms. The van der Waals surface area contributed by atoms with Crippen LogP contribution in [0.4, 0.5) is 0 Å². The third-order valence-electron chi connectivity index (χ3n) is 2.04. The predicted molar refractivity (Wildman–Crippen MR) is 67.3 cm³/mol. The quantitative estimate of drug-likeness (QED) is 0.840. The van der Waals surface area contributed by atoms with Crippen LogP contribution in [0.15, 0.2) is 46.7 Å². The van der Waals surface area contributed by atoms with E-state index < -0.39 is 5.97 Å². The summed E-state index contributed by atoms with van der Waals surface area (Å²) in [6.07, 6.45) is 0. The lowest BCUT2D eigenvalue weighted by Gasteiger charge is -2.01. The monoisotopic (exact) mass is 250 g/mol. The van der Waals surface area contributed by atoms with E-state index in [1.54, 1.807) is 41.3 Å². The van der Waals surface area contributed by atoms with Crippen LogP contribution in [0.25, 0.3) is 0 Å². The highest BCUT2D eigenvalue weighted by Gasteiger charge is 2.03. The van der Waals surface area contributed by atoms with Gasteiger partial charge < -0.3 is 5.11 Å². The Kier molecular flexibility index (Phi) is 3.64. The molecule has 0 aliphatic carbocycles. The largest absolute Gasteiger partial charge is 0.478 e. The SMILES string of the molecule is O=C(O)c1cccc(SCc2cccs2)c1. The number of rotatable bonds is 4. The molecule has 1 aromatic heterocycles. The first-order valence-corrected chi connectivity index (χ1v) is 6.61. The van der Waals surface area contributed by atoms with Crippen molar-refractivity contribution in [3.63, 3.8) is 0 Å². The van der Waals surface area contributed by atoms with Gasteiger partial charge in [0.1, 0.15) is 0 Å². The maximum atomic E-state index is 10.8. The highest BCUT2D eigenvalue weighted by molar-refractivity contribution is 7.98. The van der Waals surface area contributed by atoms with Crippen molar-refractivity contribution >= 4 is 29.1 Å². The Labute approximate surface area is 102 Å². The van der Waals surface area contributed by atoms with Gasteiger partial charge in [0.05, 0.1) is 5.56 Å². The van der Waals surface area contributed by atoms with E-state index in [-0.39, 0.29) is 0 Å². The molecule has 0 fully saturated rings. The van der Waals surface area contributed by atoms with Crippen LogP contribution < -0.4 is 0 Å². The number of hydrogen-bond acceptors (Lipinski definition) is 3. The number of carboxylic acids is 1. The molecule has 0 aliphatic rings. The standard InChI is InChI=1S/C12H10O2S2/c13-12(14)9-3-1-4-10(7-9)16-8-11-5-2-6-15-11/h1-7H,8H2,(H,13,14). The van der Waals surface area contributed by atoms with Gasteiger partial charge >= 0.3 is 5.97 Å². The summed E-state index contributed by atoms with van der Waals surface area (Å²) in [6, 6.07) is 11.1. The summed E-state index contributed by atoms with van der Waals surface area (Å²) in [5.41, 5.74) is 0.344. The molecular weight excluding hydrogens is 240 g/mol. The Bertz CT molecular complexity index is 478. The number of carboxylic acid groups (broad SMARTS) is 1. The van der Waals surface area contributed by atoms with Crippen LogP contribution in [0.5, 0.6) is 0 Å². The Morgan fingerprint density at radius 1 is 1.31 bits per heavy atom. The van der Waals surface area contributed by atoms with Crippen LogP contribution in [0.1, 0.15) is 15.2 Å². The first kappa shape index (κ1) is 11.2. The molecule has 1 N–H and O–H groups in total. The average molecular weight is 250 g/mol. The van der Waals surface area contributed by atoms with Crippen molar-refractivity contribution in [2.24, 2.45) is 0 Å². The average Bonchev–Trinajstić information content (AvgIpc) is 2.79. The van der Waals surface area contributed by atoms with Gasteiger partial charge in [-0.05, 0) is 29.6 Å². The molecule has 0 bridgehead atoms. The smallest absolute Gasteiger partial charge is 0.335 e. The first-order valence-electron chi connectivity index (χ1n) is 4.74. The van der Waals surface area contributed by atoms with E-state index in [0.29, 0.717) is 5.56 Å². The molecule has 4 heteroatoms. The third-order valence-corrected chi connectivity index (χ3v) is 4.14. The van der Waals surface area contributed by atoms with Gasteiger partial charge in [-0.1, -0.05) is 12.1 Å². The van der Waals surface area contributed by atoms with Crippen molar-refractivity contribution in [2.75, 3.05) is 0 Å². The first-order chi connectivity index (χ1) is 7.75. The van der Waals surface area contributed by atoms with Gasteiger partial charge in [0.2, 0.25) is 0 Å². The van der Waals surface area contributed by atoms with Gasteiger partial charge in [-0.3, -0.25) is 0 Å². The molecule has 0 saturated carbocycles. The fourth-order valence-corrected chi connectivity index (χ4v) is 3.00. The van der Waals surface area contributed by atoms with Crippen LogP contribution >= 0.6 is 23.1 Å². The summed E-state index contributed by atoms with van der Waals surface area (Å²) in [6.45, 7) is 0. The lowest BCUT2D eigenvalue weighted by atomic mass is 10.2. The molecule has 2 nitrogen and oxygen atoms in total. The van der Waals surface area contributed by atoms with Crippen LogP contribution in [0.2, 0.25) is 0 Å². The summed E-state index contributed by atoms with van der Waals surface area (Å²) in [4.78, 5) is 13.1. The maximum absolute atomic E-state index is 10.8. The molecule has 1 aromatic carbocycles. The Morgan fingerprint density at radius 2 is 2.19 bits per heavy atom. The molecule has 0 radical (unpaired) electrons. The molecule has 2 rings (SSSR count). The Hall–Kier alpha value is -1.26. The van der Waals surface area contributed by atoms with Crippen molar-refractivity contribution in [3.8, 4) is 0 Å². The summed E-state index contributed by atoms with van der Waals surface area (Å²) in [5.74, 6) is 0.0133. The molecule has 2 aromatic rings. The zero-order valence-corrected chi connectivity index (χ0v) is 10.1. The number of thiophene rings is 1. The summed E-state index contributed by atoms with van der Waals surface area (Å²) in [7, 11) is 0. The van der Waals surface area contributed by atoms with Gasteiger partial charge in [0.15, 0.2) is 0 Å². The maximum Gasteiger partial charge on any atom is 0.335 e. The van der Waals surface area contributed by atoms with Gasteiger partial charge in [-0.25, -0.2) is 4.79 Å². The van der Waals surface area contributed by atoms with Gasteiger partial charge in [-0.2, -0.15) is 0 Å². The number of aromatic carboxylic acids is 1. The molecule has 0 aliphatic heterocycles. The van der Waals surface area contributed by atoms with Crippen molar-refractivity contribution in [2.45, 2.75) is 10.6 Å². The second-order valence-electron chi connectivity index (χ2n) is 3.20. The summed E-state index contributed by atoms with van der Waals surface area (Å²) in [5, 5.41) is 10.9. The highest BCUT2D eigenvalue weighted by atomic mass is 32.2. The minimum Gasteiger partial charge on any atom is -0.478 e. The molecule has 0 spiro atoms. The molecule has 0 unspecified atom stereocenters. The predicted octanol–water partition coefficient (Wildman–Crippen LogP) is 3.74. The molecule has 0 saturated heterocycles. The second kappa shape index (κ2) is 5.18. The van der Waals surface area contributed by atoms with Crippen molar-refractivity contribution in [1.82, 2.24) is 0 Å². The zero-order valence-electron chi connectivity index (χ0n) is 8.42. The van der Waals surface area contributed by atoms with Gasteiger partial charge in [0, 0.05) is 15.5 Å². The normalized spacial score (nSPS) is 10.2. The van der Waals surface area contributed by atoms with Gasteiger partial charge in [0.25, 0.3) is 0 Å². The fourth-order valence-electron chi connectivity index (χ4n) is 1.27. The summed E-state index contributed by atoms with van der Waals surface area (Å²) >= 11 is 3.37. The second-order valence-corrected chi connectivity index (χ2v) is 5.28. The highest BCUT2D eigenvalue weighted by Crippen LogP contribution is 2.25.